The van der Waals surface area contributed by atoms with E-state index in [0.29, 0.717) is 11.4 Å². The number of nitrogens with zero attached hydrogens (tertiary/aromatic N) is 2. The Morgan fingerprint density at radius 2 is 1.90 bits per heavy atom. The van der Waals surface area contributed by atoms with Gasteiger partial charge in [0.25, 0.3) is 0 Å². The Labute approximate surface area is 122 Å². The molecule has 0 aliphatic carbocycles. The highest BCUT2D eigenvalue weighted by Gasteiger charge is 2.14. The Morgan fingerprint density at radius 3 is 2.43 bits per heavy atom. The zero-order valence-corrected chi connectivity index (χ0v) is 11.8. The van der Waals surface area contributed by atoms with Crippen molar-refractivity contribution in [3.8, 4) is 6.07 Å². The van der Waals surface area contributed by atoms with E-state index >= 15 is 0 Å². The average Bonchev–Trinajstić information content (AvgIpc) is 2.53. The minimum absolute atomic E-state index is 0.0511. The maximum Gasteiger partial charge on any atom is 0.242 e. The average molecular weight is 303 g/mol. The number of rotatable bonds is 5. The second kappa shape index (κ2) is 6.32. The molecule has 4 N–H and O–H groups in total. The first-order chi connectivity index (χ1) is 10.0. The third kappa shape index (κ3) is 3.76. The van der Waals surface area contributed by atoms with E-state index in [1.165, 1.54) is 18.3 Å². The molecule has 0 unspecified atom stereocenters. The van der Waals surface area contributed by atoms with Crippen molar-refractivity contribution in [1.82, 2.24) is 9.71 Å². The van der Waals surface area contributed by atoms with Gasteiger partial charge in [0.2, 0.25) is 10.0 Å². The fourth-order valence-electron chi connectivity index (χ4n) is 1.58. The maximum atomic E-state index is 12.1. The largest absolute Gasteiger partial charge is 0.308 e. The van der Waals surface area contributed by atoms with Crippen molar-refractivity contribution < 1.29 is 8.42 Å². The molecule has 2 aromatic rings. The van der Waals surface area contributed by atoms with Crippen molar-refractivity contribution in [3.05, 3.63) is 53.7 Å². The number of nitrogens with two attached hydrogens (primary N) is 1. The molecule has 0 fully saturated rings. The molecule has 108 valence electrons. The van der Waals surface area contributed by atoms with Crippen LogP contribution in [0, 0.1) is 11.3 Å². The molecule has 0 radical (unpaired) electrons. The number of hydrazine groups is 1. The zero-order chi connectivity index (χ0) is 15.3. The molecule has 0 aliphatic rings. The third-order valence-corrected chi connectivity index (χ3v) is 4.13. The summed E-state index contributed by atoms with van der Waals surface area (Å²) in [7, 11) is -3.65. The lowest BCUT2D eigenvalue weighted by Crippen LogP contribution is -2.23. The summed E-state index contributed by atoms with van der Waals surface area (Å²) in [5.41, 5.74) is 3.60. The summed E-state index contributed by atoms with van der Waals surface area (Å²) >= 11 is 0. The number of nitrogen functional groups attached to an aromatic ring is 1. The molecule has 21 heavy (non-hydrogen) atoms. The molecule has 2 rings (SSSR count). The van der Waals surface area contributed by atoms with E-state index in [4.69, 9.17) is 11.1 Å². The van der Waals surface area contributed by atoms with Gasteiger partial charge in [-0.15, -0.1) is 0 Å². The number of benzene rings is 1. The van der Waals surface area contributed by atoms with Gasteiger partial charge in [-0.05, 0) is 29.8 Å². The molecule has 0 aliphatic heterocycles. The van der Waals surface area contributed by atoms with Gasteiger partial charge in [0.05, 0.1) is 11.6 Å². The van der Waals surface area contributed by atoms with Crippen LogP contribution in [0.15, 0.2) is 47.5 Å². The van der Waals surface area contributed by atoms with E-state index in [2.05, 4.69) is 15.1 Å². The molecule has 1 heterocycles. The Morgan fingerprint density at radius 1 is 1.19 bits per heavy atom. The monoisotopic (exact) mass is 303 g/mol. The molecule has 0 bridgehead atoms. The summed E-state index contributed by atoms with van der Waals surface area (Å²) in [5.74, 6) is 5.54. The Kier molecular flexibility index (Phi) is 4.49. The van der Waals surface area contributed by atoms with Crippen molar-refractivity contribution in [2.24, 2.45) is 5.84 Å². The standard InChI is InChI=1S/C13H13N5O2S/c14-7-10-1-3-11(4-2-10)8-17-21(19,20)12-5-6-13(18-15)16-9-12/h1-6,9,17H,8,15H2,(H,16,18). The van der Waals surface area contributed by atoms with Crippen LogP contribution in [0.4, 0.5) is 5.82 Å². The van der Waals surface area contributed by atoms with E-state index in [-0.39, 0.29) is 11.4 Å². The topological polar surface area (TPSA) is 121 Å². The van der Waals surface area contributed by atoms with Crippen LogP contribution in [0.3, 0.4) is 0 Å². The van der Waals surface area contributed by atoms with Gasteiger partial charge in [-0.2, -0.15) is 5.26 Å². The van der Waals surface area contributed by atoms with E-state index < -0.39 is 10.0 Å². The molecule has 0 saturated heterocycles. The Bertz CT molecular complexity index is 749. The van der Waals surface area contributed by atoms with Gasteiger partial charge in [-0.25, -0.2) is 24.0 Å². The summed E-state index contributed by atoms with van der Waals surface area (Å²) in [5, 5.41) is 8.70. The number of anilines is 1. The summed E-state index contributed by atoms with van der Waals surface area (Å²) < 4.78 is 26.6. The van der Waals surface area contributed by atoms with Gasteiger partial charge in [0, 0.05) is 12.7 Å². The van der Waals surface area contributed by atoms with Crippen molar-refractivity contribution in [3.63, 3.8) is 0 Å². The predicted octanol–water partition coefficient (Wildman–Crippen LogP) is 0.717. The predicted molar refractivity (Wildman–Crippen MR) is 77.2 cm³/mol. The molecular formula is C13H13N5O2S. The minimum atomic E-state index is -3.65. The van der Waals surface area contributed by atoms with Crippen molar-refractivity contribution >= 4 is 15.8 Å². The first-order valence-corrected chi connectivity index (χ1v) is 7.45. The van der Waals surface area contributed by atoms with Crippen molar-refractivity contribution in [2.45, 2.75) is 11.4 Å². The molecule has 1 aromatic carbocycles. The summed E-state index contributed by atoms with van der Waals surface area (Å²) in [6.45, 7) is 0.130. The minimum Gasteiger partial charge on any atom is -0.308 e. The SMILES string of the molecule is N#Cc1ccc(CNS(=O)(=O)c2ccc(NN)nc2)cc1. The molecule has 7 nitrogen and oxygen atoms in total. The second-order valence-electron chi connectivity index (χ2n) is 4.16. The Hall–Kier alpha value is -2.47. The fourth-order valence-corrected chi connectivity index (χ4v) is 2.55. The van der Waals surface area contributed by atoms with Gasteiger partial charge in [0.15, 0.2) is 0 Å². The van der Waals surface area contributed by atoms with Crippen molar-refractivity contribution in [2.75, 3.05) is 5.43 Å². The van der Waals surface area contributed by atoms with Crippen LogP contribution >= 0.6 is 0 Å². The number of nitriles is 1. The lowest BCUT2D eigenvalue weighted by atomic mass is 10.1. The molecular weight excluding hydrogens is 290 g/mol. The van der Waals surface area contributed by atoms with Crippen LogP contribution < -0.4 is 16.0 Å². The van der Waals surface area contributed by atoms with Crippen molar-refractivity contribution in [1.29, 1.82) is 5.26 Å². The van der Waals surface area contributed by atoms with Gasteiger partial charge in [0.1, 0.15) is 10.7 Å². The highest BCUT2D eigenvalue weighted by Crippen LogP contribution is 2.11. The lowest BCUT2D eigenvalue weighted by Gasteiger charge is -2.07. The number of hydrogen-bond acceptors (Lipinski definition) is 6. The molecule has 1 aromatic heterocycles. The number of hydrogen-bond donors (Lipinski definition) is 3. The van der Waals surface area contributed by atoms with Gasteiger partial charge in [-0.3, -0.25) is 0 Å². The molecule has 0 amide bonds. The van der Waals surface area contributed by atoms with Crippen LogP contribution in [0.25, 0.3) is 0 Å². The highest BCUT2D eigenvalue weighted by atomic mass is 32.2. The fraction of sp³-hybridized carbons (Fsp3) is 0.0769. The second-order valence-corrected chi connectivity index (χ2v) is 5.92. The van der Waals surface area contributed by atoms with Crippen LogP contribution in [0.2, 0.25) is 0 Å². The first kappa shape index (κ1) is 14.9. The number of nitrogens with one attached hydrogen (secondary N) is 2. The number of aromatic nitrogens is 1. The Balaban J connectivity index is 2.08. The summed E-state index contributed by atoms with van der Waals surface area (Å²) in [6.07, 6.45) is 1.22. The summed E-state index contributed by atoms with van der Waals surface area (Å²) in [4.78, 5) is 3.90. The summed E-state index contributed by atoms with van der Waals surface area (Å²) in [6, 6.07) is 11.5. The van der Waals surface area contributed by atoms with E-state index in [1.54, 1.807) is 24.3 Å². The van der Waals surface area contributed by atoms with E-state index in [9.17, 15) is 8.42 Å². The molecule has 8 heteroatoms. The van der Waals surface area contributed by atoms with Gasteiger partial charge in [-0.1, -0.05) is 12.1 Å². The molecule has 0 atom stereocenters. The highest BCUT2D eigenvalue weighted by molar-refractivity contribution is 7.89. The smallest absolute Gasteiger partial charge is 0.242 e. The number of pyridine rings is 1. The van der Waals surface area contributed by atoms with Gasteiger partial charge < -0.3 is 5.43 Å². The van der Waals surface area contributed by atoms with Crippen LogP contribution in [-0.2, 0) is 16.6 Å². The van der Waals surface area contributed by atoms with E-state index in [1.807, 2.05) is 6.07 Å². The molecule has 0 spiro atoms. The maximum absolute atomic E-state index is 12.1. The normalized spacial score (nSPS) is 10.9. The quantitative estimate of drug-likeness (QED) is 0.552. The van der Waals surface area contributed by atoms with Crippen LogP contribution in [0.5, 0.6) is 0 Å². The van der Waals surface area contributed by atoms with Crippen LogP contribution in [-0.4, -0.2) is 13.4 Å². The van der Waals surface area contributed by atoms with E-state index in [0.717, 1.165) is 5.56 Å². The third-order valence-electron chi connectivity index (χ3n) is 2.74. The number of sulfonamides is 1. The lowest BCUT2D eigenvalue weighted by molar-refractivity contribution is 0.581. The zero-order valence-electron chi connectivity index (χ0n) is 10.9. The molecule has 0 saturated carbocycles. The first-order valence-electron chi connectivity index (χ1n) is 5.96. The van der Waals surface area contributed by atoms with Crippen LogP contribution in [0.1, 0.15) is 11.1 Å². The van der Waals surface area contributed by atoms with Gasteiger partial charge >= 0.3 is 0 Å².